The van der Waals surface area contributed by atoms with Crippen molar-refractivity contribution in [2.45, 2.75) is 72.1 Å². The summed E-state index contributed by atoms with van der Waals surface area (Å²) in [5, 5.41) is 0. The summed E-state index contributed by atoms with van der Waals surface area (Å²) < 4.78 is 0. The molecule has 1 atom stereocenters. The maximum Gasteiger partial charge on any atom is -0.0351 e. The highest BCUT2D eigenvalue weighted by Gasteiger charge is 1.99. The summed E-state index contributed by atoms with van der Waals surface area (Å²) in [6.07, 6.45) is 15.5. The maximum absolute atomic E-state index is 2.40. The van der Waals surface area contributed by atoms with Crippen LogP contribution < -0.4 is 0 Å². The Balaban J connectivity index is 3.14. The molecule has 0 N–H and O–H groups in total. The van der Waals surface area contributed by atoms with Gasteiger partial charge in [0.05, 0.1) is 0 Å². The first-order valence-electron chi connectivity index (χ1n) is 6.46. The first kappa shape index (κ1) is 13.7. The van der Waals surface area contributed by atoms with Crippen molar-refractivity contribution < 1.29 is 0 Å². The van der Waals surface area contributed by atoms with Crippen molar-refractivity contribution in [3.8, 4) is 0 Å². The molecule has 0 aromatic carbocycles. The molecule has 14 heavy (non-hydrogen) atoms. The lowest BCUT2D eigenvalue weighted by molar-refractivity contribution is 0.450. The number of unbranched alkanes of at least 4 members (excludes halogenated alkanes) is 3. The van der Waals surface area contributed by atoms with E-state index < -0.39 is 0 Å². The molecule has 0 rings (SSSR count). The van der Waals surface area contributed by atoms with E-state index >= 15 is 0 Å². The van der Waals surface area contributed by atoms with E-state index in [1.165, 1.54) is 51.4 Å². The predicted octanol–water partition coefficient (Wildman–Crippen LogP) is 5.34. The van der Waals surface area contributed by atoms with Crippen molar-refractivity contribution in [1.29, 1.82) is 0 Å². The highest BCUT2D eigenvalue weighted by molar-refractivity contribution is 4.79. The molecule has 0 saturated carbocycles. The summed E-state index contributed by atoms with van der Waals surface area (Å²) in [6, 6.07) is 0. The van der Waals surface area contributed by atoms with Crippen LogP contribution in [0.25, 0.3) is 0 Å². The molecule has 0 aliphatic carbocycles. The third-order valence-electron chi connectivity index (χ3n) is 2.77. The summed E-state index contributed by atoms with van der Waals surface area (Å²) in [4.78, 5) is 0. The smallest absolute Gasteiger partial charge is 0.0351 e. The van der Waals surface area contributed by atoms with Crippen molar-refractivity contribution in [1.82, 2.24) is 0 Å². The lowest BCUT2D eigenvalue weighted by Crippen LogP contribution is -1.94. The van der Waals surface area contributed by atoms with Crippen LogP contribution in [0.3, 0.4) is 0 Å². The molecule has 0 radical (unpaired) electrons. The predicted molar refractivity (Wildman–Crippen MR) is 66.6 cm³/mol. The van der Waals surface area contributed by atoms with Crippen LogP contribution in [0.1, 0.15) is 72.1 Å². The normalized spacial score (nSPS) is 13.6. The van der Waals surface area contributed by atoms with Crippen molar-refractivity contribution >= 4 is 0 Å². The molecule has 0 heterocycles. The molecule has 0 bridgehead atoms. The summed E-state index contributed by atoms with van der Waals surface area (Å²) in [6.45, 7) is 6.88. The van der Waals surface area contributed by atoms with E-state index in [4.69, 9.17) is 0 Å². The highest BCUT2D eigenvalue weighted by Crippen LogP contribution is 2.15. The minimum absolute atomic E-state index is 0.949. The number of hydrogen-bond acceptors (Lipinski definition) is 0. The zero-order valence-corrected chi connectivity index (χ0v) is 10.4. The van der Waals surface area contributed by atoms with E-state index in [1.54, 1.807) is 0 Å². The second-order valence-corrected chi connectivity index (χ2v) is 4.41. The maximum atomic E-state index is 2.40. The molecule has 0 aliphatic heterocycles. The summed E-state index contributed by atoms with van der Waals surface area (Å²) in [5.41, 5.74) is 0. The SMILES string of the molecule is CCC=CCCCCC(C)CCCC. The zero-order valence-electron chi connectivity index (χ0n) is 10.4. The fraction of sp³-hybridized carbons (Fsp3) is 0.857. The van der Waals surface area contributed by atoms with Gasteiger partial charge in [-0.3, -0.25) is 0 Å². The summed E-state index contributed by atoms with van der Waals surface area (Å²) >= 11 is 0. The van der Waals surface area contributed by atoms with Gasteiger partial charge in [-0.1, -0.05) is 65.0 Å². The Kier molecular flexibility index (Phi) is 10.6. The van der Waals surface area contributed by atoms with Gasteiger partial charge in [0, 0.05) is 0 Å². The van der Waals surface area contributed by atoms with E-state index in [2.05, 4.69) is 32.9 Å². The van der Waals surface area contributed by atoms with Crippen molar-refractivity contribution in [3.63, 3.8) is 0 Å². The van der Waals surface area contributed by atoms with Gasteiger partial charge in [-0.2, -0.15) is 0 Å². The Bertz CT molecular complexity index is 124. The minimum atomic E-state index is 0.949. The van der Waals surface area contributed by atoms with Crippen LogP contribution in [0.15, 0.2) is 12.2 Å². The van der Waals surface area contributed by atoms with Crippen molar-refractivity contribution in [2.24, 2.45) is 5.92 Å². The molecule has 0 amide bonds. The fourth-order valence-corrected chi connectivity index (χ4v) is 1.74. The Morgan fingerprint density at radius 1 is 0.929 bits per heavy atom. The fourth-order valence-electron chi connectivity index (χ4n) is 1.74. The topological polar surface area (TPSA) is 0 Å². The van der Waals surface area contributed by atoms with Crippen molar-refractivity contribution in [3.05, 3.63) is 12.2 Å². The van der Waals surface area contributed by atoms with Gasteiger partial charge in [0.1, 0.15) is 0 Å². The molecule has 0 nitrogen and oxygen atoms in total. The first-order valence-corrected chi connectivity index (χ1v) is 6.46. The van der Waals surface area contributed by atoms with Crippen molar-refractivity contribution in [2.75, 3.05) is 0 Å². The Labute approximate surface area is 90.8 Å². The molecule has 84 valence electrons. The molecule has 0 aromatic rings. The summed E-state index contributed by atoms with van der Waals surface area (Å²) in [7, 11) is 0. The van der Waals surface area contributed by atoms with Gasteiger partial charge in [-0.05, 0) is 25.2 Å². The average Bonchev–Trinajstić information content (AvgIpc) is 2.20. The molecule has 1 unspecified atom stereocenters. The molecule has 0 spiro atoms. The van der Waals surface area contributed by atoms with Crippen LogP contribution in [0.2, 0.25) is 0 Å². The van der Waals surface area contributed by atoms with E-state index in [0.29, 0.717) is 0 Å². The van der Waals surface area contributed by atoms with E-state index in [9.17, 15) is 0 Å². The number of hydrogen-bond donors (Lipinski definition) is 0. The van der Waals surface area contributed by atoms with Crippen LogP contribution in [-0.4, -0.2) is 0 Å². The second-order valence-electron chi connectivity index (χ2n) is 4.41. The van der Waals surface area contributed by atoms with Crippen LogP contribution in [0.4, 0.5) is 0 Å². The summed E-state index contributed by atoms with van der Waals surface area (Å²) in [5.74, 6) is 0.949. The van der Waals surface area contributed by atoms with Gasteiger partial charge in [0.2, 0.25) is 0 Å². The third kappa shape index (κ3) is 9.83. The Morgan fingerprint density at radius 2 is 1.64 bits per heavy atom. The molecule has 0 saturated heterocycles. The van der Waals surface area contributed by atoms with Gasteiger partial charge in [-0.15, -0.1) is 0 Å². The second kappa shape index (κ2) is 10.8. The standard InChI is InChI=1S/C14H28/c1-4-6-8-9-10-11-13-14(3)12-7-5-2/h6,8,14H,4-5,7,9-13H2,1-3H3. The monoisotopic (exact) mass is 196 g/mol. The van der Waals surface area contributed by atoms with Crippen LogP contribution in [-0.2, 0) is 0 Å². The zero-order chi connectivity index (χ0) is 10.6. The third-order valence-corrected chi connectivity index (χ3v) is 2.77. The highest BCUT2D eigenvalue weighted by atomic mass is 14.1. The molecule has 0 heteroatoms. The molecular weight excluding hydrogens is 168 g/mol. The van der Waals surface area contributed by atoms with Crippen LogP contribution in [0, 0.1) is 5.92 Å². The van der Waals surface area contributed by atoms with E-state index in [0.717, 1.165) is 5.92 Å². The first-order chi connectivity index (χ1) is 6.81. The van der Waals surface area contributed by atoms with Gasteiger partial charge in [0.15, 0.2) is 0 Å². The Hall–Kier alpha value is -0.260. The number of allylic oxidation sites excluding steroid dienone is 2. The lowest BCUT2D eigenvalue weighted by Gasteiger charge is -2.09. The molecular formula is C14H28. The lowest BCUT2D eigenvalue weighted by atomic mass is 9.97. The van der Waals surface area contributed by atoms with Gasteiger partial charge < -0.3 is 0 Å². The van der Waals surface area contributed by atoms with E-state index in [-0.39, 0.29) is 0 Å². The average molecular weight is 196 g/mol. The molecule has 0 fully saturated rings. The van der Waals surface area contributed by atoms with Gasteiger partial charge >= 0.3 is 0 Å². The number of rotatable bonds is 9. The largest absolute Gasteiger partial charge is 0.0888 e. The quantitative estimate of drug-likeness (QED) is 0.345. The molecule has 0 aromatic heterocycles. The van der Waals surface area contributed by atoms with E-state index in [1.807, 2.05) is 0 Å². The van der Waals surface area contributed by atoms with Gasteiger partial charge in [0.25, 0.3) is 0 Å². The van der Waals surface area contributed by atoms with Crippen LogP contribution >= 0.6 is 0 Å². The van der Waals surface area contributed by atoms with Crippen LogP contribution in [0.5, 0.6) is 0 Å². The van der Waals surface area contributed by atoms with Gasteiger partial charge in [-0.25, -0.2) is 0 Å². The minimum Gasteiger partial charge on any atom is -0.0888 e. The molecule has 0 aliphatic rings. The Morgan fingerprint density at radius 3 is 2.29 bits per heavy atom.